The summed E-state index contributed by atoms with van der Waals surface area (Å²) in [6.07, 6.45) is 0. The van der Waals surface area contributed by atoms with Crippen LogP contribution in [-0.4, -0.2) is 26.3 Å². The molecule has 1 fully saturated rings. The molecule has 0 spiro atoms. The fraction of sp³-hybridized carbons (Fsp3) is 0.333. The lowest BCUT2D eigenvalue weighted by Gasteiger charge is -2.27. The molecule has 5 heteroatoms. The minimum Gasteiger partial charge on any atom is -0.378 e. The zero-order valence-corrected chi connectivity index (χ0v) is 12.8. The first-order chi connectivity index (χ1) is 8.25. The monoisotopic (exact) mass is 379 g/mol. The summed E-state index contributed by atoms with van der Waals surface area (Å²) in [5, 5.41) is 3.32. The van der Waals surface area contributed by atoms with Crippen LogP contribution in [0.25, 0.3) is 10.1 Å². The first-order valence-corrected chi connectivity index (χ1v) is 7.73. The van der Waals surface area contributed by atoms with Gasteiger partial charge >= 0.3 is 0 Å². The Morgan fingerprint density at radius 1 is 1.29 bits per heavy atom. The third-order valence-electron chi connectivity index (χ3n) is 2.89. The van der Waals surface area contributed by atoms with Crippen LogP contribution < -0.4 is 4.90 Å². The average Bonchev–Trinajstić information content (AvgIpc) is 2.81. The summed E-state index contributed by atoms with van der Waals surface area (Å²) in [6, 6.07) is 6.25. The van der Waals surface area contributed by atoms with E-state index < -0.39 is 0 Å². The van der Waals surface area contributed by atoms with E-state index in [0.29, 0.717) is 0 Å². The van der Waals surface area contributed by atoms with Gasteiger partial charge in [-0.05, 0) is 40.8 Å². The van der Waals surface area contributed by atoms with E-state index in [1.165, 1.54) is 18.7 Å². The lowest BCUT2D eigenvalue weighted by Crippen LogP contribution is -2.35. The number of hydrogen-bond acceptors (Lipinski definition) is 3. The molecular formula is C12H11ClINOS. The summed E-state index contributed by atoms with van der Waals surface area (Å²) in [5.74, 6) is 0. The first-order valence-electron chi connectivity index (χ1n) is 5.46. The van der Waals surface area contributed by atoms with Gasteiger partial charge in [-0.15, -0.1) is 11.3 Å². The molecule has 1 saturated heterocycles. The van der Waals surface area contributed by atoms with Gasteiger partial charge in [0.05, 0.1) is 22.9 Å². The van der Waals surface area contributed by atoms with E-state index in [1.807, 2.05) is 17.4 Å². The predicted molar refractivity (Wildman–Crippen MR) is 82.6 cm³/mol. The Hall–Kier alpha value is -0.0400. The fourth-order valence-corrected chi connectivity index (χ4v) is 4.19. The van der Waals surface area contributed by atoms with Crippen LogP contribution in [0, 0.1) is 3.57 Å². The van der Waals surface area contributed by atoms with Crippen molar-refractivity contribution in [2.24, 2.45) is 0 Å². The van der Waals surface area contributed by atoms with E-state index in [2.05, 4.69) is 39.6 Å². The number of thiophene rings is 1. The summed E-state index contributed by atoms with van der Waals surface area (Å²) in [7, 11) is 0. The number of rotatable bonds is 1. The summed E-state index contributed by atoms with van der Waals surface area (Å²) in [6.45, 7) is 3.58. The zero-order valence-electron chi connectivity index (χ0n) is 9.08. The molecule has 0 bridgehead atoms. The Labute approximate surface area is 123 Å². The summed E-state index contributed by atoms with van der Waals surface area (Å²) in [5.41, 5.74) is 0. The van der Waals surface area contributed by atoms with Gasteiger partial charge in [0.1, 0.15) is 0 Å². The van der Waals surface area contributed by atoms with Gasteiger partial charge in [-0.1, -0.05) is 11.6 Å². The van der Waals surface area contributed by atoms with E-state index in [-0.39, 0.29) is 0 Å². The minimum atomic E-state index is 0.819. The zero-order chi connectivity index (χ0) is 11.8. The first kappa shape index (κ1) is 12.0. The van der Waals surface area contributed by atoms with Crippen molar-refractivity contribution in [3.63, 3.8) is 0 Å². The Bertz CT molecular complexity index is 512. The van der Waals surface area contributed by atoms with Crippen LogP contribution in [0.2, 0.25) is 5.02 Å². The lowest BCUT2D eigenvalue weighted by molar-refractivity contribution is 0.123. The van der Waals surface area contributed by atoms with Gasteiger partial charge < -0.3 is 9.64 Å². The van der Waals surface area contributed by atoms with Crippen LogP contribution in [0.15, 0.2) is 18.2 Å². The summed E-state index contributed by atoms with van der Waals surface area (Å²) < 4.78 is 7.94. The topological polar surface area (TPSA) is 12.5 Å². The molecule has 90 valence electrons. The van der Waals surface area contributed by atoms with E-state index in [0.717, 1.165) is 31.3 Å². The van der Waals surface area contributed by atoms with Crippen LogP contribution in [0.1, 0.15) is 0 Å². The largest absolute Gasteiger partial charge is 0.378 e. The maximum atomic E-state index is 6.24. The Morgan fingerprint density at radius 3 is 2.76 bits per heavy atom. The molecule has 0 radical (unpaired) electrons. The molecule has 2 aromatic rings. The van der Waals surface area contributed by atoms with Crippen molar-refractivity contribution in [2.45, 2.75) is 0 Å². The van der Waals surface area contributed by atoms with Crippen molar-refractivity contribution in [2.75, 3.05) is 31.2 Å². The number of fused-ring (bicyclic) bond motifs is 1. The molecule has 17 heavy (non-hydrogen) atoms. The second kappa shape index (κ2) is 4.91. The second-order valence-electron chi connectivity index (χ2n) is 3.96. The van der Waals surface area contributed by atoms with E-state index in [9.17, 15) is 0 Å². The van der Waals surface area contributed by atoms with Gasteiger partial charge in [0, 0.05) is 27.1 Å². The number of hydrogen-bond donors (Lipinski definition) is 0. The highest BCUT2D eigenvalue weighted by molar-refractivity contribution is 14.1. The molecule has 1 aromatic heterocycles. The Balaban J connectivity index is 2.06. The highest BCUT2D eigenvalue weighted by atomic mass is 127. The fourth-order valence-electron chi connectivity index (χ4n) is 1.98. The summed E-state index contributed by atoms with van der Waals surface area (Å²) >= 11 is 10.4. The number of morpholine rings is 1. The maximum absolute atomic E-state index is 6.24. The number of ether oxygens (including phenoxy) is 1. The van der Waals surface area contributed by atoms with Gasteiger partial charge in [0.25, 0.3) is 0 Å². The molecule has 2 nitrogen and oxygen atoms in total. The van der Waals surface area contributed by atoms with Crippen LogP contribution in [0.4, 0.5) is 5.00 Å². The van der Waals surface area contributed by atoms with Gasteiger partial charge in [-0.2, -0.15) is 0 Å². The minimum absolute atomic E-state index is 0.819. The molecule has 3 rings (SSSR count). The highest BCUT2D eigenvalue weighted by Gasteiger charge is 2.15. The third-order valence-corrected chi connectivity index (χ3v) is 5.72. The van der Waals surface area contributed by atoms with Gasteiger partial charge in [0.2, 0.25) is 0 Å². The van der Waals surface area contributed by atoms with Crippen molar-refractivity contribution in [3.05, 3.63) is 26.8 Å². The standard InChI is InChI=1S/C12H11ClINOS/c13-9-1-2-10(14)12-8(9)7-11(17-12)15-3-5-16-6-4-15/h1-2,7H,3-6H2. The Morgan fingerprint density at radius 2 is 2.06 bits per heavy atom. The average molecular weight is 380 g/mol. The van der Waals surface area contributed by atoms with Crippen LogP contribution >= 0.6 is 45.5 Å². The molecule has 1 aromatic carbocycles. The molecule has 0 atom stereocenters. The number of benzene rings is 1. The van der Waals surface area contributed by atoms with Crippen molar-refractivity contribution < 1.29 is 4.74 Å². The molecule has 0 N–H and O–H groups in total. The number of nitrogens with zero attached hydrogens (tertiary/aromatic N) is 1. The molecular weight excluding hydrogens is 369 g/mol. The van der Waals surface area contributed by atoms with Crippen LogP contribution in [-0.2, 0) is 4.74 Å². The van der Waals surface area contributed by atoms with E-state index in [4.69, 9.17) is 16.3 Å². The quantitative estimate of drug-likeness (QED) is 0.695. The van der Waals surface area contributed by atoms with Gasteiger partial charge in [0.15, 0.2) is 0 Å². The van der Waals surface area contributed by atoms with Crippen molar-refractivity contribution in [1.82, 2.24) is 0 Å². The SMILES string of the molecule is Clc1ccc(I)c2sc(N3CCOCC3)cc12. The predicted octanol–water partition coefficient (Wildman–Crippen LogP) is 4.00. The molecule has 0 amide bonds. The second-order valence-corrected chi connectivity index (χ2v) is 6.56. The van der Waals surface area contributed by atoms with Crippen LogP contribution in [0.5, 0.6) is 0 Å². The molecule has 1 aliphatic heterocycles. The molecule has 0 unspecified atom stereocenters. The third kappa shape index (κ3) is 2.28. The molecule has 2 heterocycles. The molecule has 0 saturated carbocycles. The van der Waals surface area contributed by atoms with Crippen molar-refractivity contribution in [1.29, 1.82) is 0 Å². The Kier molecular flexibility index (Phi) is 3.47. The van der Waals surface area contributed by atoms with Crippen molar-refractivity contribution >= 4 is 60.6 Å². The number of halogens is 2. The molecule has 1 aliphatic rings. The van der Waals surface area contributed by atoms with Gasteiger partial charge in [-0.25, -0.2) is 0 Å². The van der Waals surface area contributed by atoms with Crippen LogP contribution in [0.3, 0.4) is 0 Å². The van der Waals surface area contributed by atoms with E-state index >= 15 is 0 Å². The van der Waals surface area contributed by atoms with E-state index in [1.54, 1.807) is 0 Å². The normalized spacial score (nSPS) is 16.7. The summed E-state index contributed by atoms with van der Waals surface area (Å²) in [4.78, 5) is 2.38. The van der Waals surface area contributed by atoms with Crippen molar-refractivity contribution in [3.8, 4) is 0 Å². The molecule has 0 aliphatic carbocycles. The maximum Gasteiger partial charge on any atom is 0.0923 e. The smallest absolute Gasteiger partial charge is 0.0923 e. The lowest BCUT2D eigenvalue weighted by atomic mass is 10.2. The number of anilines is 1. The van der Waals surface area contributed by atoms with Gasteiger partial charge in [-0.3, -0.25) is 0 Å². The highest BCUT2D eigenvalue weighted by Crippen LogP contribution is 2.39.